The van der Waals surface area contributed by atoms with Gasteiger partial charge in [-0.25, -0.2) is 4.98 Å². The van der Waals surface area contributed by atoms with E-state index in [-0.39, 0.29) is 22.5 Å². The first-order chi connectivity index (χ1) is 15.7. The number of hydrogen-bond acceptors (Lipinski definition) is 7. The number of carbonyl (C=O) groups excluding carboxylic acids is 1. The van der Waals surface area contributed by atoms with E-state index in [2.05, 4.69) is 31.1 Å². The van der Waals surface area contributed by atoms with E-state index in [0.29, 0.717) is 47.3 Å². The lowest BCUT2D eigenvalue weighted by molar-refractivity contribution is -0.118. The van der Waals surface area contributed by atoms with E-state index in [1.165, 1.54) is 11.8 Å². The van der Waals surface area contributed by atoms with Crippen LogP contribution in [0.4, 0.5) is 5.82 Å². The summed E-state index contributed by atoms with van der Waals surface area (Å²) in [5.41, 5.74) is 2.13. The maximum atomic E-state index is 13.4. The Balaban J connectivity index is 1.88. The van der Waals surface area contributed by atoms with Crippen LogP contribution in [0.15, 0.2) is 39.4 Å². The molecule has 0 spiro atoms. The third-order valence-electron chi connectivity index (χ3n) is 6.05. The molecule has 0 saturated carbocycles. The number of anilines is 1. The molecule has 0 saturated heterocycles. The third-order valence-corrected chi connectivity index (χ3v) is 7.01. The van der Waals surface area contributed by atoms with Crippen LogP contribution in [0.2, 0.25) is 0 Å². The Morgan fingerprint density at radius 2 is 2.03 bits per heavy atom. The van der Waals surface area contributed by atoms with Crippen molar-refractivity contribution in [3.63, 3.8) is 0 Å². The van der Waals surface area contributed by atoms with Crippen molar-refractivity contribution in [2.24, 2.45) is 5.41 Å². The molecule has 2 aliphatic rings. The Hall–Kier alpha value is -2.74. The van der Waals surface area contributed by atoms with E-state index < -0.39 is 5.92 Å². The molecule has 1 aliphatic heterocycles. The number of aromatic hydroxyl groups is 1. The van der Waals surface area contributed by atoms with E-state index in [1.54, 1.807) is 18.2 Å². The van der Waals surface area contributed by atoms with Crippen molar-refractivity contribution in [1.29, 1.82) is 0 Å². The van der Waals surface area contributed by atoms with Gasteiger partial charge >= 0.3 is 0 Å². The monoisotopic (exact) mass is 469 g/mol. The van der Waals surface area contributed by atoms with Gasteiger partial charge in [0.2, 0.25) is 0 Å². The Morgan fingerprint density at radius 3 is 2.76 bits per heavy atom. The van der Waals surface area contributed by atoms with Crippen molar-refractivity contribution in [1.82, 2.24) is 9.97 Å². The molecule has 1 aromatic heterocycles. The molecule has 3 N–H and O–H groups in total. The van der Waals surface area contributed by atoms with Crippen molar-refractivity contribution in [3.05, 3.63) is 50.9 Å². The fraction of sp³-hybridized carbons (Fsp3) is 0.480. The van der Waals surface area contributed by atoms with Crippen LogP contribution in [0.5, 0.6) is 11.5 Å². The minimum atomic E-state index is -0.578. The zero-order chi connectivity index (χ0) is 23.8. The predicted molar refractivity (Wildman–Crippen MR) is 130 cm³/mol. The van der Waals surface area contributed by atoms with Gasteiger partial charge in [0.1, 0.15) is 5.82 Å². The number of hydrogen-bond donors (Lipinski definition) is 3. The maximum Gasteiger partial charge on any atom is 0.257 e. The number of thioether (sulfide) groups is 1. The quantitative estimate of drug-likeness (QED) is 0.299. The number of aromatic nitrogens is 2. The smallest absolute Gasteiger partial charge is 0.257 e. The minimum Gasteiger partial charge on any atom is -0.504 e. The number of carbonyl (C=O) groups is 1. The number of ether oxygens (including phenoxy) is 1. The van der Waals surface area contributed by atoms with E-state index in [1.807, 2.05) is 6.92 Å². The van der Waals surface area contributed by atoms with Gasteiger partial charge in [0, 0.05) is 29.4 Å². The lowest BCUT2D eigenvalue weighted by Gasteiger charge is -2.38. The molecule has 8 heteroatoms. The lowest BCUT2D eigenvalue weighted by Crippen LogP contribution is -2.37. The number of phenolic OH excluding ortho intramolecular Hbond substituents is 1. The summed E-state index contributed by atoms with van der Waals surface area (Å²) in [6.45, 7) is 8.50. The van der Waals surface area contributed by atoms with E-state index in [9.17, 15) is 14.7 Å². The summed E-state index contributed by atoms with van der Waals surface area (Å²) in [4.78, 5) is 34.3. The van der Waals surface area contributed by atoms with Crippen molar-refractivity contribution in [2.45, 2.75) is 64.5 Å². The van der Waals surface area contributed by atoms with Crippen LogP contribution in [-0.4, -0.2) is 33.2 Å². The van der Waals surface area contributed by atoms with Gasteiger partial charge in [-0.1, -0.05) is 45.0 Å². The summed E-state index contributed by atoms with van der Waals surface area (Å²) in [6, 6.07) is 5.02. The lowest BCUT2D eigenvalue weighted by atomic mass is 9.69. The highest BCUT2D eigenvalue weighted by Gasteiger charge is 2.42. The molecule has 0 bridgehead atoms. The first-order valence-electron chi connectivity index (χ1n) is 11.5. The molecule has 1 unspecified atom stereocenters. The number of fused-ring (bicyclic) bond motifs is 1. The first-order valence-corrected chi connectivity index (χ1v) is 12.5. The highest BCUT2D eigenvalue weighted by Crippen LogP contribution is 2.48. The average Bonchev–Trinajstić information content (AvgIpc) is 2.73. The third kappa shape index (κ3) is 4.67. The topological polar surface area (TPSA) is 104 Å². The number of ketones is 1. The molecule has 1 aliphatic carbocycles. The number of phenols is 1. The average molecular weight is 470 g/mol. The minimum absolute atomic E-state index is 0.0229. The van der Waals surface area contributed by atoms with Crippen molar-refractivity contribution in [3.8, 4) is 11.5 Å². The number of unbranched alkanes of at least 4 members (excludes halogenated alkanes) is 1. The van der Waals surface area contributed by atoms with Gasteiger partial charge < -0.3 is 20.1 Å². The van der Waals surface area contributed by atoms with Crippen molar-refractivity contribution < 1.29 is 14.6 Å². The van der Waals surface area contributed by atoms with Crippen LogP contribution in [-0.2, 0) is 4.79 Å². The molecule has 4 rings (SSSR count). The predicted octanol–water partition coefficient (Wildman–Crippen LogP) is 4.97. The van der Waals surface area contributed by atoms with Gasteiger partial charge in [0.05, 0.1) is 12.2 Å². The number of benzene rings is 1. The summed E-state index contributed by atoms with van der Waals surface area (Å²) < 4.78 is 5.58. The van der Waals surface area contributed by atoms with Crippen LogP contribution in [0.1, 0.15) is 70.4 Å². The SMILES string of the molecule is CCCCSc1nc2c(c(=O)[nH]1)C(c1ccc(O)c(OCC)c1)C1=C(CC(C)(C)CC1=O)N2. The summed E-state index contributed by atoms with van der Waals surface area (Å²) in [5.74, 6) is 1.17. The van der Waals surface area contributed by atoms with E-state index >= 15 is 0 Å². The van der Waals surface area contributed by atoms with Gasteiger partial charge in [0.15, 0.2) is 22.4 Å². The number of nitrogens with zero attached hydrogens (tertiary/aromatic N) is 1. The summed E-state index contributed by atoms with van der Waals surface area (Å²) >= 11 is 1.53. The number of rotatable bonds is 7. The summed E-state index contributed by atoms with van der Waals surface area (Å²) in [6.07, 6.45) is 3.20. The molecule has 1 aromatic carbocycles. The van der Waals surface area contributed by atoms with Crippen LogP contribution in [0, 0.1) is 5.41 Å². The Bertz CT molecular complexity index is 1170. The molecule has 7 nitrogen and oxygen atoms in total. The molecule has 2 heterocycles. The second-order valence-corrected chi connectivity index (χ2v) is 10.5. The second kappa shape index (κ2) is 9.25. The van der Waals surface area contributed by atoms with Crippen molar-refractivity contribution in [2.75, 3.05) is 17.7 Å². The molecular weight excluding hydrogens is 438 g/mol. The van der Waals surface area contributed by atoms with Crippen LogP contribution >= 0.6 is 11.8 Å². The van der Waals surface area contributed by atoms with Crippen LogP contribution in [0.3, 0.4) is 0 Å². The molecular formula is C25H31N3O4S. The molecule has 0 amide bonds. The highest BCUT2D eigenvalue weighted by molar-refractivity contribution is 7.99. The fourth-order valence-electron chi connectivity index (χ4n) is 4.59. The Morgan fingerprint density at radius 1 is 1.24 bits per heavy atom. The zero-order valence-electron chi connectivity index (χ0n) is 19.6. The van der Waals surface area contributed by atoms with Gasteiger partial charge in [-0.15, -0.1) is 0 Å². The van der Waals surface area contributed by atoms with E-state index in [4.69, 9.17) is 9.72 Å². The van der Waals surface area contributed by atoms with Gasteiger partial charge in [0.25, 0.3) is 5.56 Å². The molecule has 2 aromatic rings. The number of aromatic amines is 1. The summed E-state index contributed by atoms with van der Waals surface area (Å²) in [5, 5.41) is 14.1. The number of H-pyrrole nitrogens is 1. The van der Waals surface area contributed by atoms with Gasteiger partial charge in [-0.3, -0.25) is 9.59 Å². The normalized spacial score (nSPS) is 19.0. The van der Waals surface area contributed by atoms with Gasteiger partial charge in [-0.2, -0.15) is 0 Å². The van der Waals surface area contributed by atoms with Crippen LogP contribution in [0.25, 0.3) is 0 Å². The molecule has 33 heavy (non-hydrogen) atoms. The second-order valence-electron chi connectivity index (χ2n) is 9.39. The largest absolute Gasteiger partial charge is 0.504 e. The Kier molecular flexibility index (Phi) is 6.56. The summed E-state index contributed by atoms with van der Waals surface area (Å²) in [7, 11) is 0. The number of Topliss-reactive ketones (excluding diaryl/α,β-unsaturated/α-hetero) is 1. The number of nitrogens with one attached hydrogen (secondary N) is 2. The van der Waals surface area contributed by atoms with Gasteiger partial charge in [-0.05, 0) is 42.9 Å². The molecule has 1 atom stereocenters. The van der Waals surface area contributed by atoms with Crippen molar-refractivity contribution >= 4 is 23.4 Å². The van der Waals surface area contributed by atoms with Crippen LogP contribution < -0.4 is 15.6 Å². The molecule has 176 valence electrons. The number of allylic oxidation sites excluding steroid dienone is 2. The molecule has 0 radical (unpaired) electrons. The molecule has 0 fully saturated rings. The highest BCUT2D eigenvalue weighted by atomic mass is 32.2. The standard InChI is InChI=1S/C25H31N3O4S/c1-5-7-10-33-24-27-22-21(23(31)28-24)19(14-8-9-16(29)18(11-14)32-6-2)20-15(26-22)12-25(3,4)13-17(20)30/h8-9,11,19,29H,5-7,10,12-13H2,1-4H3,(H2,26,27,28,31). The first kappa shape index (κ1) is 23.4. The fourth-order valence-corrected chi connectivity index (χ4v) is 5.54. The van der Waals surface area contributed by atoms with E-state index in [0.717, 1.165) is 29.9 Å². The maximum absolute atomic E-state index is 13.4. The Labute approximate surface area is 198 Å². The zero-order valence-corrected chi connectivity index (χ0v) is 20.4.